The molecule has 19 heavy (non-hydrogen) atoms. The Bertz CT molecular complexity index is 601. The first-order valence-electron chi connectivity index (χ1n) is 5.88. The summed E-state index contributed by atoms with van der Waals surface area (Å²) in [5.74, 6) is -0.176. The van der Waals surface area contributed by atoms with Crippen molar-refractivity contribution in [2.45, 2.75) is 13.0 Å². The molecule has 0 saturated carbocycles. The molecular weight excluding hydrogens is 309 g/mol. The van der Waals surface area contributed by atoms with Gasteiger partial charge in [0.25, 0.3) is 0 Å². The monoisotopic (exact) mass is 323 g/mol. The maximum atomic E-state index is 13.7. The summed E-state index contributed by atoms with van der Waals surface area (Å²) in [4.78, 5) is 0. The molecule has 0 amide bonds. The van der Waals surface area contributed by atoms with Crippen LogP contribution in [0.15, 0.2) is 40.9 Å². The van der Waals surface area contributed by atoms with Gasteiger partial charge in [0.1, 0.15) is 0 Å². The van der Waals surface area contributed by atoms with Crippen LogP contribution in [-0.2, 0) is 0 Å². The Balaban J connectivity index is 2.41. The zero-order valence-electron chi connectivity index (χ0n) is 10.8. The number of ether oxygens (including phenoxy) is 1. The first-order chi connectivity index (χ1) is 9.04. The van der Waals surface area contributed by atoms with Gasteiger partial charge in [-0.1, -0.05) is 34.1 Å². The van der Waals surface area contributed by atoms with E-state index in [-0.39, 0.29) is 11.8 Å². The van der Waals surface area contributed by atoms with Crippen LogP contribution >= 0.6 is 15.9 Å². The van der Waals surface area contributed by atoms with Gasteiger partial charge in [-0.3, -0.25) is 0 Å². The van der Waals surface area contributed by atoms with Crippen LogP contribution in [-0.4, -0.2) is 7.11 Å². The van der Waals surface area contributed by atoms with Gasteiger partial charge in [-0.05, 0) is 41.8 Å². The molecule has 0 saturated heterocycles. The summed E-state index contributed by atoms with van der Waals surface area (Å²) in [6.45, 7) is 1.99. The number of benzene rings is 2. The molecule has 0 heterocycles. The fourth-order valence-electron chi connectivity index (χ4n) is 2.02. The van der Waals surface area contributed by atoms with E-state index in [1.807, 2.05) is 25.1 Å². The molecular formula is C15H15BrFNO. The summed E-state index contributed by atoms with van der Waals surface area (Å²) < 4.78 is 19.6. The Kier molecular flexibility index (Phi) is 4.22. The molecule has 0 aliphatic heterocycles. The molecule has 0 aliphatic rings. The zero-order valence-corrected chi connectivity index (χ0v) is 12.4. The van der Waals surface area contributed by atoms with Crippen LogP contribution in [0.4, 0.5) is 4.39 Å². The third-order valence-electron chi connectivity index (χ3n) is 3.18. The van der Waals surface area contributed by atoms with Crippen molar-refractivity contribution in [3.05, 3.63) is 63.4 Å². The van der Waals surface area contributed by atoms with Crippen molar-refractivity contribution in [1.29, 1.82) is 0 Å². The molecule has 1 atom stereocenters. The summed E-state index contributed by atoms with van der Waals surface area (Å²) >= 11 is 3.47. The van der Waals surface area contributed by atoms with Crippen LogP contribution in [0.5, 0.6) is 5.75 Å². The maximum Gasteiger partial charge on any atom is 0.165 e. The van der Waals surface area contributed by atoms with E-state index >= 15 is 0 Å². The number of rotatable bonds is 3. The minimum atomic E-state index is -0.400. The van der Waals surface area contributed by atoms with Crippen molar-refractivity contribution in [1.82, 2.24) is 0 Å². The van der Waals surface area contributed by atoms with Crippen molar-refractivity contribution in [3.63, 3.8) is 0 Å². The molecule has 0 aliphatic carbocycles. The number of halogens is 2. The topological polar surface area (TPSA) is 35.2 Å². The van der Waals surface area contributed by atoms with Crippen molar-refractivity contribution in [2.75, 3.05) is 7.11 Å². The lowest BCUT2D eigenvalue weighted by atomic mass is 9.96. The van der Waals surface area contributed by atoms with E-state index in [9.17, 15) is 4.39 Å². The molecule has 0 spiro atoms. The van der Waals surface area contributed by atoms with E-state index < -0.39 is 5.82 Å². The summed E-state index contributed by atoms with van der Waals surface area (Å²) in [6, 6.07) is 10.3. The van der Waals surface area contributed by atoms with Gasteiger partial charge < -0.3 is 10.5 Å². The lowest BCUT2D eigenvalue weighted by molar-refractivity contribution is 0.386. The molecule has 2 rings (SSSR count). The first kappa shape index (κ1) is 14.0. The molecule has 0 fully saturated rings. The molecule has 2 nitrogen and oxygen atoms in total. The fourth-order valence-corrected chi connectivity index (χ4v) is 2.40. The molecule has 4 heteroatoms. The number of hydrogen-bond donors (Lipinski definition) is 1. The SMILES string of the molecule is COc1ccc(C(N)c2cccc(Br)c2C)cc1F. The largest absolute Gasteiger partial charge is 0.494 e. The second kappa shape index (κ2) is 5.72. The van der Waals surface area contributed by atoms with E-state index in [0.717, 1.165) is 21.2 Å². The third kappa shape index (κ3) is 2.80. The smallest absolute Gasteiger partial charge is 0.165 e. The van der Waals surface area contributed by atoms with Gasteiger partial charge in [0.05, 0.1) is 13.2 Å². The lowest BCUT2D eigenvalue weighted by Crippen LogP contribution is -2.13. The quantitative estimate of drug-likeness (QED) is 0.928. The minimum Gasteiger partial charge on any atom is -0.494 e. The number of hydrogen-bond acceptors (Lipinski definition) is 2. The van der Waals surface area contributed by atoms with Crippen molar-refractivity contribution >= 4 is 15.9 Å². The van der Waals surface area contributed by atoms with Crippen LogP contribution in [0.25, 0.3) is 0 Å². The number of methoxy groups -OCH3 is 1. The van der Waals surface area contributed by atoms with Gasteiger partial charge in [0.2, 0.25) is 0 Å². The normalized spacial score (nSPS) is 12.3. The van der Waals surface area contributed by atoms with Crippen LogP contribution in [0.2, 0.25) is 0 Å². The van der Waals surface area contributed by atoms with Crippen molar-refractivity contribution < 1.29 is 9.13 Å². The Morgan fingerprint density at radius 3 is 2.63 bits per heavy atom. The molecule has 0 radical (unpaired) electrons. The Labute approximate surface area is 120 Å². The van der Waals surface area contributed by atoms with Crippen molar-refractivity contribution in [2.24, 2.45) is 5.73 Å². The third-order valence-corrected chi connectivity index (χ3v) is 4.04. The average Bonchev–Trinajstić information content (AvgIpc) is 2.41. The van der Waals surface area contributed by atoms with Gasteiger partial charge in [0, 0.05) is 4.47 Å². The molecule has 2 aromatic carbocycles. The molecule has 1 unspecified atom stereocenters. The highest BCUT2D eigenvalue weighted by molar-refractivity contribution is 9.10. The summed E-state index contributed by atoms with van der Waals surface area (Å²) in [5, 5.41) is 0. The Morgan fingerprint density at radius 2 is 2.00 bits per heavy atom. The summed E-state index contributed by atoms with van der Waals surface area (Å²) in [6.07, 6.45) is 0. The molecule has 100 valence electrons. The highest BCUT2D eigenvalue weighted by Crippen LogP contribution is 2.29. The van der Waals surface area contributed by atoms with Crippen LogP contribution in [0, 0.1) is 12.7 Å². The van der Waals surface area contributed by atoms with Crippen LogP contribution in [0.3, 0.4) is 0 Å². The van der Waals surface area contributed by atoms with E-state index in [2.05, 4.69) is 15.9 Å². The minimum absolute atomic E-state index is 0.224. The molecule has 0 bridgehead atoms. The first-order valence-corrected chi connectivity index (χ1v) is 6.68. The second-order valence-corrected chi connectivity index (χ2v) is 5.18. The second-order valence-electron chi connectivity index (χ2n) is 4.33. The van der Waals surface area contributed by atoms with Gasteiger partial charge in [-0.15, -0.1) is 0 Å². The Morgan fingerprint density at radius 1 is 1.26 bits per heavy atom. The fraction of sp³-hybridized carbons (Fsp3) is 0.200. The summed E-state index contributed by atoms with van der Waals surface area (Å²) in [5.41, 5.74) is 8.97. The molecule has 2 aromatic rings. The summed E-state index contributed by atoms with van der Waals surface area (Å²) in [7, 11) is 1.44. The lowest BCUT2D eigenvalue weighted by Gasteiger charge is -2.17. The highest BCUT2D eigenvalue weighted by Gasteiger charge is 2.14. The van der Waals surface area contributed by atoms with Crippen LogP contribution < -0.4 is 10.5 Å². The Hall–Kier alpha value is -1.39. The standard InChI is InChI=1S/C15H15BrFNO/c1-9-11(4-3-5-12(9)16)15(18)10-6-7-14(19-2)13(17)8-10/h3-8,15H,18H2,1-2H3. The van der Waals surface area contributed by atoms with Gasteiger partial charge in [0.15, 0.2) is 11.6 Å². The zero-order chi connectivity index (χ0) is 14.0. The highest BCUT2D eigenvalue weighted by atomic mass is 79.9. The van der Waals surface area contributed by atoms with E-state index in [1.165, 1.54) is 13.2 Å². The van der Waals surface area contributed by atoms with Gasteiger partial charge in [-0.2, -0.15) is 0 Å². The van der Waals surface area contributed by atoms with Gasteiger partial charge >= 0.3 is 0 Å². The number of nitrogens with two attached hydrogens (primary N) is 1. The predicted octanol–water partition coefficient (Wildman–Crippen LogP) is 3.95. The van der Waals surface area contributed by atoms with Gasteiger partial charge in [-0.25, -0.2) is 4.39 Å². The van der Waals surface area contributed by atoms with E-state index in [0.29, 0.717) is 0 Å². The maximum absolute atomic E-state index is 13.7. The van der Waals surface area contributed by atoms with Crippen LogP contribution in [0.1, 0.15) is 22.7 Å². The van der Waals surface area contributed by atoms with Crippen molar-refractivity contribution in [3.8, 4) is 5.75 Å². The van der Waals surface area contributed by atoms with E-state index in [4.69, 9.17) is 10.5 Å². The van der Waals surface area contributed by atoms with E-state index in [1.54, 1.807) is 12.1 Å². The molecule has 0 aromatic heterocycles. The molecule has 2 N–H and O–H groups in total. The predicted molar refractivity (Wildman–Crippen MR) is 77.9 cm³/mol. The average molecular weight is 324 g/mol.